The minimum absolute atomic E-state index is 0.482. The smallest absolute Gasteiger partial charge is 0.314 e. The molecule has 0 aliphatic heterocycles. The van der Waals surface area contributed by atoms with Gasteiger partial charge in [-0.05, 0) is 68.7 Å². The van der Waals surface area contributed by atoms with Crippen LogP contribution in [0, 0.1) is 0 Å². The molecule has 1 aromatic heterocycles. The van der Waals surface area contributed by atoms with Crippen molar-refractivity contribution in [2.45, 2.75) is 50.4 Å². The average Bonchev–Trinajstić information content (AvgIpc) is 2.70. The van der Waals surface area contributed by atoms with Crippen LogP contribution >= 0.6 is 11.9 Å². The van der Waals surface area contributed by atoms with Gasteiger partial charge in [0.25, 0.3) is 0 Å². The van der Waals surface area contributed by atoms with Crippen molar-refractivity contribution in [3.05, 3.63) is 53.7 Å². The van der Waals surface area contributed by atoms with Crippen molar-refractivity contribution in [1.29, 1.82) is 0 Å². The van der Waals surface area contributed by atoms with Gasteiger partial charge in [0.1, 0.15) is 0 Å². The van der Waals surface area contributed by atoms with Gasteiger partial charge in [0.15, 0.2) is 0 Å². The van der Waals surface area contributed by atoms with Crippen LogP contribution in [-0.2, 0) is 12.6 Å². The molecule has 0 atom stereocenters. The maximum Gasteiger partial charge on any atom is 0.416 e. The first-order chi connectivity index (χ1) is 13.5. The Balaban J connectivity index is 1.49. The predicted octanol–water partition coefficient (Wildman–Crippen LogP) is 5.08. The van der Waals surface area contributed by atoms with Gasteiger partial charge < -0.3 is 5.32 Å². The number of alkyl halides is 3. The molecule has 7 heteroatoms. The van der Waals surface area contributed by atoms with E-state index in [1.807, 2.05) is 6.07 Å². The lowest BCUT2D eigenvalue weighted by atomic mass is 9.92. The number of benzene rings is 1. The molecule has 152 valence electrons. The van der Waals surface area contributed by atoms with E-state index in [4.69, 9.17) is 0 Å². The maximum atomic E-state index is 12.9. The molecule has 0 radical (unpaired) electrons. The van der Waals surface area contributed by atoms with Gasteiger partial charge in [-0.15, -0.1) is 0 Å². The quantitative estimate of drug-likeness (QED) is 0.626. The fourth-order valence-corrected chi connectivity index (χ4v) is 4.17. The van der Waals surface area contributed by atoms with E-state index in [2.05, 4.69) is 21.3 Å². The van der Waals surface area contributed by atoms with E-state index in [-0.39, 0.29) is 0 Å². The molecule has 2 N–H and O–H groups in total. The van der Waals surface area contributed by atoms with Crippen LogP contribution in [0.15, 0.2) is 42.6 Å². The van der Waals surface area contributed by atoms with E-state index in [1.54, 1.807) is 30.3 Å². The predicted molar refractivity (Wildman–Crippen MR) is 109 cm³/mol. The van der Waals surface area contributed by atoms with Gasteiger partial charge in [0, 0.05) is 23.8 Å². The molecule has 0 bridgehead atoms. The van der Waals surface area contributed by atoms with E-state index in [0.717, 1.165) is 30.7 Å². The third-order valence-corrected chi connectivity index (χ3v) is 5.74. The van der Waals surface area contributed by atoms with Crippen LogP contribution in [0.4, 0.5) is 13.2 Å². The van der Waals surface area contributed by atoms with Gasteiger partial charge in [-0.2, -0.15) is 13.2 Å². The second-order valence-corrected chi connectivity index (χ2v) is 7.85. The lowest BCUT2D eigenvalue weighted by Crippen LogP contribution is -2.38. The monoisotopic (exact) mass is 409 g/mol. The Hall–Kier alpha value is -1.57. The lowest BCUT2D eigenvalue weighted by molar-refractivity contribution is -0.137. The average molecular weight is 410 g/mol. The summed E-state index contributed by atoms with van der Waals surface area (Å²) < 4.78 is 42.0. The first kappa shape index (κ1) is 21.1. The fraction of sp³-hybridized carbons (Fsp3) is 0.476. The highest BCUT2D eigenvalue weighted by Gasteiger charge is 2.30. The highest BCUT2D eigenvalue weighted by atomic mass is 32.2. The van der Waals surface area contributed by atoms with Gasteiger partial charge in [-0.3, -0.25) is 9.71 Å². The standard InChI is InChI=1S/C21H26F3N3S/c1-28-27-19-8-6-18(7-9-19)25-12-11-15-5-10-20(26-14-15)16-3-2-4-17(13-16)21(22,23)24/h2-5,10,13-14,18-19,25,27H,6-9,11-12H2,1H3. The molecule has 1 aromatic carbocycles. The third-order valence-electron chi connectivity index (χ3n) is 5.17. The number of rotatable bonds is 7. The highest BCUT2D eigenvalue weighted by molar-refractivity contribution is 7.96. The summed E-state index contributed by atoms with van der Waals surface area (Å²) in [7, 11) is 0. The molecule has 1 aliphatic rings. The molecule has 3 rings (SSSR count). The number of hydrogen-bond donors (Lipinski definition) is 2. The molecule has 0 unspecified atom stereocenters. The Bertz CT molecular complexity index is 741. The number of nitrogens with zero attached hydrogens (tertiary/aromatic N) is 1. The molecule has 0 spiro atoms. The van der Waals surface area contributed by atoms with Gasteiger partial charge in [-0.1, -0.05) is 30.1 Å². The molecule has 1 heterocycles. The summed E-state index contributed by atoms with van der Waals surface area (Å²) in [5.74, 6) is 0. The zero-order chi connectivity index (χ0) is 20.0. The molecule has 0 amide bonds. The van der Waals surface area contributed by atoms with Crippen LogP contribution in [0.5, 0.6) is 0 Å². The van der Waals surface area contributed by atoms with E-state index in [0.29, 0.717) is 23.3 Å². The van der Waals surface area contributed by atoms with Crippen LogP contribution in [0.3, 0.4) is 0 Å². The first-order valence-corrected chi connectivity index (χ1v) is 10.8. The van der Waals surface area contributed by atoms with Crippen LogP contribution < -0.4 is 10.0 Å². The van der Waals surface area contributed by atoms with Crippen molar-refractivity contribution in [2.75, 3.05) is 12.8 Å². The molecule has 1 fully saturated rings. The van der Waals surface area contributed by atoms with Crippen LogP contribution in [-0.4, -0.2) is 29.9 Å². The van der Waals surface area contributed by atoms with E-state index in [1.165, 1.54) is 31.7 Å². The summed E-state index contributed by atoms with van der Waals surface area (Å²) in [5.41, 5.74) is 1.47. The number of hydrogen-bond acceptors (Lipinski definition) is 4. The first-order valence-electron chi connectivity index (χ1n) is 9.60. The Morgan fingerprint density at radius 1 is 1.07 bits per heavy atom. The fourth-order valence-electron chi connectivity index (χ4n) is 3.60. The van der Waals surface area contributed by atoms with Crippen LogP contribution in [0.1, 0.15) is 36.8 Å². The van der Waals surface area contributed by atoms with Crippen molar-refractivity contribution in [3.63, 3.8) is 0 Å². The molecule has 1 aliphatic carbocycles. The Labute approximate surface area is 168 Å². The second kappa shape index (κ2) is 9.76. The Morgan fingerprint density at radius 3 is 2.46 bits per heavy atom. The summed E-state index contributed by atoms with van der Waals surface area (Å²) >= 11 is 1.69. The molecular weight excluding hydrogens is 383 g/mol. The van der Waals surface area contributed by atoms with E-state index < -0.39 is 11.7 Å². The van der Waals surface area contributed by atoms with Crippen molar-refractivity contribution >= 4 is 11.9 Å². The Kier molecular flexibility index (Phi) is 7.37. The number of pyridine rings is 1. The number of aromatic nitrogens is 1. The van der Waals surface area contributed by atoms with Crippen molar-refractivity contribution < 1.29 is 13.2 Å². The third kappa shape index (κ3) is 5.96. The highest BCUT2D eigenvalue weighted by Crippen LogP contribution is 2.31. The van der Waals surface area contributed by atoms with Crippen LogP contribution in [0.25, 0.3) is 11.3 Å². The largest absolute Gasteiger partial charge is 0.416 e. The van der Waals surface area contributed by atoms with Crippen molar-refractivity contribution in [2.24, 2.45) is 0 Å². The molecule has 28 heavy (non-hydrogen) atoms. The summed E-state index contributed by atoms with van der Waals surface area (Å²) in [5, 5.41) is 3.62. The normalized spacial score (nSPS) is 20.3. The Morgan fingerprint density at radius 2 is 1.82 bits per heavy atom. The zero-order valence-electron chi connectivity index (χ0n) is 15.9. The molecule has 3 nitrogen and oxygen atoms in total. The summed E-state index contributed by atoms with van der Waals surface area (Å²) in [4.78, 5) is 4.36. The number of nitrogens with one attached hydrogen (secondary N) is 2. The molecule has 1 saturated carbocycles. The topological polar surface area (TPSA) is 37.0 Å². The van der Waals surface area contributed by atoms with E-state index in [9.17, 15) is 13.2 Å². The summed E-state index contributed by atoms with van der Waals surface area (Å²) in [6.07, 6.45) is 5.12. The van der Waals surface area contributed by atoms with Crippen molar-refractivity contribution in [1.82, 2.24) is 15.0 Å². The molecule has 0 saturated heterocycles. The SMILES string of the molecule is CSNC1CCC(NCCc2ccc(-c3cccc(C(F)(F)F)c3)nc2)CC1. The van der Waals surface area contributed by atoms with Gasteiger partial charge in [0.05, 0.1) is 11.3 Å². The van der Waals surface area contributed by atoms with Crippen LogP contribution in [0.2, 0.25) is 0 Å². The zero-order valence-corrected chi connectivity index (χ0v) is 16.7. The minimum atomic E-state index is -4.34. The van der Waals surface area contributed by atoms with Crippen molar-refractivity contribution in [3.8, 4) is 11.3 Å². The molecular formula is C21H26F3N3S. The minimum Gasteiger partial charge on any atom is -0.314 e. The second-order valence-electron chi connectivity index (χ2n) is 7.20. The maximum absolute atomic E-state index is 12.9. The van der Waals surface area contributed by atoms with Gasteiger partial charge in [0.2, 0.25) is 0 Å². The lowest BCUT2D eigenvalue weighted by Gasteiger charge is -2.29. The summed E-state index contributed by atoms with van der Waals surface area (Å²) in [6.45, 7) is 0.885. The van der Waals surface area contributed by atoms with Gasteiger partial charge >= 0.3 is 6.18 Å². The molecule has 2 aromatic rings. The van der Waals surface area contributed by atoms with Gasteiger partial charge in [-0.25, -0.2) is 0 Å². The number of halogens is 3. The summed E-state index contributed by atoms with van der Waals surface area (Å²) in [6, 6.07) is 10.2. The van der Waals surface area contributed by atoms with E-state index >= 15 is 0 Å².